The number of hydrogen-bond acceptors (Lipinski definition) is 6. The lowest BCUT2D eigenvalue weighted by Gasteiger charge is -2.06. The van der Waals surface area contributed by atoms with Gasteiger partial charge in [0.25, 0.3) is 5.91 Å². The summed E-state index contributed by atoms with van der Waals surface area (Å²) in [5.74, 6) is -2.40. The normalized spacial score (nSPS) is 9.96. The quantitative estimate of drug-likeness (QED) is 0.849. The van der Waals surface area contributed by atoms with Crippen molar-refractivity contribution in [2.24, 2.45) is 10.4 Å². The highest BCUT2D eigenvalue weighted by atomic mass is 19.1. The molecule has 0 aliphatic carbocycles. The zero-order chi connectivity index (χ0) is 16.8. The Labute approximate surface area is 128 Å². The van der Waals surface area contributed by atoms with Crippen LogP contribution in [0.4, 0.5) is 10.1 Å². The fraction of sp³-hybridized carbons (Fsp3) is 0.0714. The Morgan fingerprint density at radius 2 is 1.96 bits per heavy atom. The van der Waals surface area contributed by atoms with Crippen molar-refractivity contribution < 1.29 is 14.0 Å². The Morgan fingerprint density at radius 3 is 2.61 bits per heavy atom. The first-order valence-corrected chi connectivity index (χ1v) is 6.29. The molecule has 0 saturated carbocycles. The minimum Gasteiger partial charge on any atom is -0.341 e. The van der Waals surface area contributed by atoms with Crippen molar-refractivity contribution in [3.05, 3.63) is 57.9 Å². The highest BCUT2D eigenvalue weighted by Crippen LogP contribution is 2.26. The van der Waals surface area contributed by atoms with E-state index >= 15 is 0 Å². The van der Waals surface area contributed by atoms with Crippen LogP contribution < -0.4 is 5.32 Å². The maximum atomic E-state index is 13.2. The number of carbonyl (C=O) groups is 2. The van der Waals surface area contributed by atoms with Gasteiger partial charge in [-0.05, 0) is 28.9 Å². The topological polar surface area (TPSA) is 118 Å². The van der Waals surface area contributed by atoms with Crippen LogP contribution in [0.5, 0.6) is 0 Å². The molecule has 1 aromatic heterocycles. The van der Waals surface area contributed by atoms with Crippen LogP contribution in [-0.4, -0.2) is 23.3 Å². The number of benzene rings is 1. The molecule has 0 aliphatic heterocycles. The lowest BCUT2D eigenvalue weighted by atomic mass is 10.1. The molecule has 9 heteroatoms. The van der Waals surface area contributed by atoms with E-state index in [2.05, 4.69) is 20.7 Å². The van der Waals surface area contributed by atoms with Crippen LogP contribution in [-0.2, 0) is 4.79 Å². The number of pyridine rings is 1. The number of aromatic nitrogens is 1. The Balaban J connectivity index is 2.29. The number of halogens is 1. The molecule has 0 fully saturated rings. The van der Waals surface area contributed by atoms with E-state index in [1.54, 1.807) is 6.07 Å². The standard InChI is InChI=1S/C14H9FN4O4/c15-10-3-1-2-8(4-10)9-5-11(18-22)13(16-6-9)14(21)17-7-12(20)19-23/h1-6H,7H2,(H,17,21). The summed E-state index contributed by atoms with van der Waals surface area (Å²) in [6.45, 7) is -0.617. The predicted molar refractivity (Wildman–Crippen MR) is 78.2 cm³/mol. The van der Waals surface area contributed by atoms with Gasteiger partial charge in [0.15, 0.2) is 5.69 Å². The van der Waals surface area contributed by atoms with E-state index in [1.165, 1.54) is 30.5 Å². The van der Waals surface area contributed by atoms with Crippen LogP contribution in [0.1, 0.15) is 10.5 Å². The van der Waals surface area contributed by atoms with E-state index in [0.717, 1.165) is 0 Å². The molecule has 0 radical (unpaired) electrons. The molecule has 1 aromatic carbocycles. The molecule has 0 aliphatic rings. The molecule has 8 nitrogen and oxygen atoms in total. The van der Waals surface area contributed by atoms with Crippen LogP contribution in [0.2, 0.25) is 0 Å². The van der Waals surface area contributed by atoms with E-state index in [9.17, 15) is 23.8 Å². The largest absolute Gasteiger partial charge is 0.341 e. The van der Waals surface area contributed by atoms with Crippen LogP contribution in [0.15, 0.2) is 46.9 Å². The molecular formula is C14H9FN4O4. The third-order valence-corrected chi connectivity index (χ3v) is 2.84. The number of rotatable bonds is 5. The fourth-order valence-electron chi connectivity index (χ4n) is 1.80. The Morgan fingerprint density at radius 1 is 1.17 bits per heavy atom. The highest BCUT2D eigenvalue weighted by Gasteiger charge is 2.16. The van der Waals surface area contributed by atoms with Crippen molar-refractivity contribution in [1.82, 2.24) is 10.3 Å². The van der Waals surface area contributed by atoms with Crippen molar-refractivity contribution in [2.75, 3.05) is 6.54 Å². The van der Waals surface area contributed by atoms with Gasteiger partial charge < -0.3 is 5.32 Å². The molecule has 0 bridgehead atoms. The van der Waals surface area contributed by atoms with Gasteiger partial charge in [0.05, 0.1) is 0 Å². The molecule has 2 amide bonds. The fourth-order valence-corrected chi connectivity index (χ4v) is 1.80. The second-order valence-corrected chi connectivity index (χ2v) is 4.36. The smallest absolute Gasteiger partial charge is 0.305 e. The van der Waals surface area contributed by atoms with Gasteiger partial charge in [-0.25, -0.2) is 9.37 Å². The van der Waals surface area contributed by atoms with Gasteiger partial charge in [0, 0.05) is 16.9 Å². The summed E-state index contributed by atoms with van der Waals surface area (Å²) in [7, 11) is 0. The second kappa shape index (κ2) is 7.07. The molecule has 116 valence electrons. The number of nitroso groups, excluding NO2 is 2. The van der Waals surface area contributed by atoms with E-state index in [4.69, 9.17) is 0 Å². The summed E-state index contributed by atoms with van der Waals surface area (Å²) in [5.41, 5.74) is 0.241. The first-order valence-electron chi connectivity index (χ1n) is 6.29. The number of amides is 2. The van der Waals surface area contributed by atoms with Gasteiger partial charge in [-0.1, -0.05) is 12.1 Å². The number of hydrogen-bond donors (Lipinski definition) is 1. The summed E-state index contributed by atoms with van der Waals surface area (Å²) >= 11 is 0. The molecule has 2 aromatic rings. The van der Waals surface area contributed by atoms with Crippen LogP contribution >= 0.6 is 0 Å². The average Bonchev–Trinajstić information content (AvgIpc) is 2.58. The van der Waals surface area contributed by atoms with Crippen molar-refractivity contribution in [2.45, 2.75) is 0 Å². The third kappa shape index (κ3) is 3.84. The maximum absolute atomic E-state index is 13.2. The molecule has 0 spiro atoms. The summed E-state index contributed by atoms with van der Waals surface area (Å²) in [4.78, 5) is 47.2. The lowest BCUT2D eigenvalue weighted by molar-refractivity contribution is -0.117. The Kier molecular flexibility index (Phi) is 4.92. The van der Waals surface area contributed by atoms with E-state index in [-0.39, 0.29) is 11.4 Å². The average molecular weight is 316 g/mol. The number of nitrogens with one attached hydrogen (secondary N) is 1. The second-order valence-electron chi connectivity index (χ2n) is 4.36. The van der Waals surface area contributed by atoms with Crippen LogP contribution in [0.3, 0.4) is 0 Å². The van der Waals surface area contributed by atoms with Crippen LogP contribution in [0.25, 0.3) is 11.1 Å². The first kappa shape index (κ1) is 16.0. The monoisotopic (exact) mass is 316 g/mol. The van der Waals surface area contributed by atoms with Gasteiger partial charge in [-0.3, -0.25) is 9.59 Å². The minimum atomic E-state index is -1.07. The SMILES string of the molecule is O=NC(=O)CNC(=O)c1ncc(-c2cccc(F)c2)cc1N=O. The van der Waals surface area contributed by atoms with E-state index < -0.39 is 24.2 Å². The summed E-state index contributed by atoms with van der Waals surface area (Å²) < 4.78 is 13.2. The van der Waals surface area contributed by atoms with Crippen molar-refractivity contribution in [3.63, 3.8) is 0 Å². The first-order chi connectivity index (χ1) is 11.0. The van der Waals surface area contributed by atoms with Gasteiger partial charge in [0.2, 0.25) is 0 Å². The highest BCUT2D eigenvalue weighted by molar-refractivity contribution is 5.99. The van der Waals surface area contributed by atoms with Gasteiger partial charge >= 0.3 is 5.91 Å². The summed E-state index contributed by atoms with van der Waals surface area (Å²) in [6, 6.07) is 6.85. The molecule has 1 heterocycles. The molecule has 0 atom stereocenters. The Bertz CT molecular complexity index is 794. The number of carbonyl (C=O) groups excluding carboxylic acids is 2. The zero-order valence-corrected chi connectivity index (χ0v) is 11.5. The number of nitrogens with zero attached hydrogens (tertiary/aromatic N) is 3. The van der Waals surface area contributed by atoms with Crippen molar-refractivity contribution in [1.29, 1.82) is 0 Å². The summed E-state index contributed by atoms with van der Waals surface area (Å²) in [5, 5.41) is 6.91. The molecule has 23 heavy (non-hydrogen) atoms. The lowest BCUT2D eigenvalue weighted by Crippen LogP contribution is -2.29. The molecule has 2 rings (SSSR count). The molecule has 0 saturated heterocycles. The molecule has 1 N–H and O–H groups in total. The van der Waals surface area contributed by atoms with Crippen molar-refractivity contribution >= 4 is 17.5 Å². The Hall–Kier alpha value is -3.36. The van der Waals surface area contributed by atoms with Gasteiger partial charge in [0.1, 0.15) is 18.0 Å². The van der Waals surface area contributed by atoms with Gasteiger partial charge in [-0.15, -0.1) is 9.81 Å². The predicted octanol–water partition coefficient (Wildman–Crippen LogP) is 2.31. The maximum Gasteiger partial charge on any atom is 0.305 e. The molecule has 0 unspecified atom stereocenters. The van der Waals surface area contributed by atoms with Crippen molar-refractivity contribution in [3.8, 4) is 11.1 Å². The van der Waals surface area contributed by atoms with E-state index in [1.807, 2.05) is 0 Å². The zero-order valence-electron chi connectivity index (χ0n) is 11.5. The third-order valence-electron chi connectivity index (χ3n) is 2.84. The van der Waals surface area contributed by atoms with E-state index in [0.29, 0.717) is 11.1 Å². The van der Waals surface area contributed by atoms with Gasteiger partial charge in [-0.2, -0.15) is 0 Å². The minimum absolute atomic E-state index is 0.282. The molecular weight excluding hydrogens is 307 g/mol. The summed E-state index contributed by atoms with van der Waals surface area (Å²) in [6.07, 6.45) is 1.26. The van der Waals surface area contributed by atoms with Crippen LogP contribution in [0, 0.1) is 15.6 Å².